The van der Waals surface area contributed by atoms with Gasteiger partial charge in [0, 0.05) is 28.9 Å². The lowest BCUT2D eigenvalue weighted by Crippen LogP contribution is -2.37. The minimum Gasteiger partial charge on any atom is -0.452 e. The molecule has 0 unspecified atom stereocenters. The molecular weight excluding hydrogens is 522 g/mol. The van der Waals surface area contributed by atoms with Crippen molar-refractivity contribution in [2.45, 2.75) is 26.2 Å². The summed E-state index contributed by atoms with van der Waals surface area (Å²) in [4.78, 5) is 27.5. The van der Waals surface area contributed by atoms with Crippen LogP contribution in [0.3, 0.4) is 0 Å². The molecule has 0 aliphatic carbocycles. The molecule has 0 radical (unpaired) electrons. The summed E-state index contributed by atoms with van der Waals surface area (Å²) in [5.41, 5.74) is -0.385. The fourth-order valence-electron chi connectivity index (χ4n) is 3.96. The van der Waals surface area contributed by atoms with Gasteiger partial charge in [-0.2, -0.15) is 5.10 Å². The molecule has 37 heavy (non-hydrogen) atoms. The maximum Gasteiger partial charge on any atom is 0.586 e. The third-order valence-electron chi connectivity index (χ3n) is 5.56. The lowest BCUT2D eigenvalue weighted by molar-refractivity contribution is -0.286. The first-order valence-electron chi connectivity index (χ1n) is 10.8. The zero-order valence-corrected chi connectivity index (χ0v) is 19.6. The zero-order chi connectivity index (χ0) is 26.5. The number of ether oxygens (including phenoxy) is 2. The number of halogens is 5. The van der Waals surface area contributed by atoms with Crippen LogP contribution in [0.1, 0.15) is 19.1 Å². The van der Waals surface area contributed by atoms with Crippen LogP contribution in [0.4, 0.5) is 23.2 Å². The summed E-state index contributed by atoms with van der Waals surface area (Å²) in [6.45, 7) is 1.16. The Hall–Kier alpha value is -4.06. The largest absolute Gasteiger partial charge is 0.586 e. The molecule has 2 aromatic carbocycles. The van der Waals surface area contributed by atoms with Crippen LogP contribution in [0, 0.1) is 0 Å². The highest BCUT2D eigenvalue weighted by molar-refractivity contribution is 6.30. The van der Waals surface area contributed by atoms with Gasteiger partial charge in [0.25, 0.3) is 12.0 Å². The number of carbonyl (C=O) groups is 1. The number of rotatable bonds is 6. The number of aromatic nitrogens is 2. The zero-order valence-electron chi connectivity index (χ0n) is 18.9. The van der Waals surface area contributed by atoms with Crippen molar-refractivity contribution in [2.24, 2.45) is 0 Å². The van der Waals surface area contributed by atoms with Crippen LogP contribution < -0.4 is 19.9 Å². The van der Waals surface area contributed by atoms with Crippen LogP contribution >= 0.6 is 11.6 Å². The molecule has 0 N–H and O–H groups in total. The molecule has 0 atom stereocenters. The number of amides is 1. The quantitative estimate of drug-likeness (QED) is 0.297. The Morgan fingerprint density at radius 3 is 2.59 bits per heavy atom. The Labute approximate surface area is 210 Å². The number of hydrogen-bond donors (Lipinski definition) is 0. The van der Waals surface area contributed by atoms with Gasteiger partial charge in [0.1, 0.15) is 12.2 Å². The van der Waals surface area contributed by atoms with E-state index in [0.29, 0.717) is 10.6 Å². The van der Waals surface area contributed by atoms with Gasteiger partial charge in [0.15, 0.2) is 22.8 Å². The van der Waals surface area contributed by atoms with Gasteiger partial charge in [-0.05, 0) is 37.3 Å². The number of fused-ring (bicyclic) bond motifs is 2. The minimum absolute atomic E-state index is 0.0326. The SMILES string of the molecule is CCN(C(=O)Cn1nc(-c2cccc(Cl)c2)c2oc(C(F)F)cc2c1=O)c1ccc2c(c1)OC(F)(F)O2. The molecule has 3 heterocycles. The highest BCUT2D eigenvalue weighted by Crippen LogP contribution is 2.43. The number of benzene rings is 2. The second-order valence-electron chi connectivity index (χ2n) is 7.95. The van der Waals surface area contributed by atoms with Crippen LogP contribution in [0.15, 0.2) is 57.7 Å². The van der Waals surface area contributed by atoms with Gasteiger partial charge < -0.3 is 18.8 Å². The summed E-state index contributed by atoms with van der Waals surface area (Å²) in [5, 5.41) is 4.36. The van der Waals surface area contributed by atoms with Crippen molar-refractivity contribution >= 4 is 34.2 Å². The summed E-state index contributed by atoms with van der Waals surface area (Å²) in [7, 11) is 0. The van der Waals surface area contributed by atoms with Gasteiger partial charge in [-0.25, -0.2) is 13.5 Å². The van der Waals surface area contributed by atoms with E-state index in [1.54, 1.807) is 25.1 Å². The molecule has 0 bridgehead atoms. The van der Waals surface area contributed by atoms with Gasteiger partial charge in [-0.3, -0.25) is 9.59 Å². The van der Waals surface area contributed by atoms with E-state index < -0.39 is 36.5 Å². The predicted octanol–water partition coefficient (Wildman–Crippen LogP) is 5.62. The fourth-order valence-corrected chi connectivity index (χ4v) is 4.15. The first-order chi connectivity index (χ1) is 17.6. The lowest BCUT2D eigenvalue weighted by Gasteiger charge is -2.21. The molecule has 1 aliphatic rings. The molecule has 1 aliphatic heterocycles. The second kappa shape index (κ2) is 9.11. The van der Waals surface area contributed by atoms with E-state index in [0.717, 1.165) is 10.7 Å². The number of likely N-dealkylation sites (N-methyl/N-ethyl adjacent to an activating group) is 1. The normalized spacial score (nSPS) is 13.9. The molecule has 0 fully saturated rings. The van der Waals surface area contributed by atoms with Crippen LogP contribution in [-0.4, -0.2) is 28.5 Å². The minimum atomic E-state index is -3.83. The fraction of sp³-hybridized carbons (Fsp3) is 0.208. The lowest BCUT2D eigenvalue weighted by atomic mass is 10.1. The number of hydrogen-bond acceptors (Lipinski definition) is 6. The molecule has 13 heteroatoms. The molecule has 4 aromatic rings. The highest BCUT2D eigenvalue weighted by atomic mass is 35.5. The van der Waals surface area contributed by atoms with Crippen molar-refractivity contribution in [1.29, 1.82) is 0 Å². The molecule has 2 aromatic heterocycles. The summed E-state index contributed by atoms with van der Waals surface area (Å²) < 4.78 is 68.4. The van der Waals surface area contributed by atoms with Crippen LogP contribution in [0.5, 0.6) is 11.5 Å². The first-order valence-corrected chi connectivity index (χ1v) is 11.2. The molecular formula is C24H16ClF4N3O5. The summed E-state index contributed by atoms with van der Waals surface area (Å²) in [6, 6.07) is 11.0. The highest BCUT2D eigenvalue weighted by Gasteiger charge is 2.43. The summed E-state index contributed by atoms with van der Waals surface area (Å²) in [6.07, 6.45) is -6.81. The average Bonchev–Trinajstić information content (AvgIpc) is 3.41. The molecule has 0 saturated heterocycles. The van der Waals surface area contributed by atoms with E-state index >= 15 is 0 Å². The standard InChI is InChI=1S/C24H16ClF4N3O5/c1-2-31(14-6-7-16-17(9-14)37-24(28,29)36-16)19(33)11-32-23(34)15-10-18(22(26)27)35-21(15)20(30-32)12-4-3-5-13(25)8-12/h3-10,22H,2,11H2,1H3. The first kappa shape index (κ1) is 24.6. The molecule has 5 rings (SSSR count). The van der Waals surface area contributed by atoms with Crippen LogP contribution in [-0.2, 0) is 11.3 Å². The topological polar surface area (TPSA) is 86.8 Å². The van der Waals surface area contributed by atoms with E-state index in [1.165, 1.54) is 29.2 Å². The molecule has 0 spiro atoms. The molecule has 192 valence electrons. The van der Waals surface area contributed by atoms with E-state index in [2.05, 4.69) is 14.6 Å². The maximum absolute atomic E-state index is 13.4. The monoisotopic (exact) mass is 537 g/mol. The van der Waals surface area contributed by atoms with Crippen LogP contribution in [0.2, 0.25) is 5.02 Å². The predicted molar refractivity (Wildman–Crippen MR) is 124 cm³/mol. The number of alkyl halides is 4. The Bertz CT molecular complexity index is 1590. The van der Waals surface area contributed by atoms with Gasteiger partial charge in [-0.15, -0.1) is 8.78 Å². The Morgan fingerprint density at radius 1 is 1.14 bits per heavy atom. The third kappa shape index (κ3) is 4.59. The number of anilines is 1. The second-order valence-corrected chi connectivity index (χ2v) is 8.39. The van der Waals surface area contributed by atoms with Crippen molar-refractivity contribution in [3.8, 4) is 22.8 Å². The van der Waals surface area contributed by atoms with Gasteiger partial charge >= 0.3 is 6.29 Å². The Morgan fingerprint density at radius 2 is 1.89 bits per heavy atom. The van der Waals surface area contributed by atoms with Gasteiger partial charge in [0.2, 0.25) is 5.91 Å². The molecule has 0 saturated carbocycles. The van der Waals surface area contributed by atoms with E-state index in [1.807, 2.05) is 0 Å². The Balaban J connectivity index is 1.54. The molecule has 8 nitrogen and oxygen atoms in total. The van der Waals surface area contributed by atoms with Gasteiger partial charge in [-0.1, -0.05) is 23.7 Å². The van der Waals surface area contributed by atoms with Crippen molar-refractivity contribution in [3.63, 3.8) is 0 Å². The van der Waals surface area contributed by atoms with Crippen LogP contribution in [0.25, 0.3) is 22.2 Å². The number of nitrogens with zero attached hydrogens (tertiary/aromatic N) is 3. The maximum atomic E-state index is 13.4. The number of carbonyl (C=O) groups excluding carboxylic acids is 1. The van der Waals surface area contributed by atoms with E-state index in [9.17, 15) is 27.2 Å². The summed E-state index contributed by atoms with van der Waals surface area (Å²) >= 11 is 6.07. The van der Waals surface area contributed by atoms with Crippen molar-refractivity contribution in [2.75, 3.05) is 11.4 Å². The van der Waals surface area contributed by atoms with Gasteiger partial charge in [0.05, 0.1) is 5.39 Å². The smallest absolute Gasteiger partial charge is 0.452 e. The van der Waals surface area contributed by atoms with E-state index in [4.69, 9.17) is 16.0 Å². The van der Waals surface area contributed by atoms with E-state index in [-0.39, 0.29) is 40.4 Å². The van der Waals surface area contributed by atoms with Crippen molar-refractivity contribution in [3.05, 3.63) is 69.7 Å². The number of furan rings is 1. The average molecular weight is 538 g/mol. The van der Waals surface area contributed by atoms with Crippen molar-refractivity contribution < 1.29 is 36.2 Å². The third-order valence-corrected chi connectivity index (χ3v) is 5.80. The Kier molecular flexibility index (Phi) is 6.06. The van der Waals surface area contributed by atoms with Crippen molar-refractivity contribution in [1.82, 2.24) is 9.78 Å². The molecule has 1 amide bonds. The summed E-state index contributed by atoms with van der Waals surface area (Å²) in [5.74, 6) is -1.81.